The van der Waals surface area contributed by atoms with E-state index in [0.29, 0.717) is 5.82 Å². The van der Waals surface area contributed by atoms with Gasteiger partial charge in [-0.05, 0) is 36.6 Å². The van der Waals surface area contributed by atoms with Gasteiger partial charge in [0.05, 0.1) is 23.4 Å². The molecule has 0 saturated carbocycles. The van der Waals surface area contributed by atoms with Gasteiger partial charge in [-0.2, -0.15) is 4.98 Å². The second-order valence-electron chi connectivity index (χ2n) is 5.92. The van der Waals surface area contributed by atoms with Crippen molar-refractivity contribution in [2.24, 2.45) is 0 Å². The summed E-state index contributed by atoms with van der Waals surface area (Å²) in [6, 6.07) is 7.61. The third-order valence-corrected chi connectivity index (χ3v) is 5.88. The Hall–Kier alpha value is -2.79. The number of anilines is 1. The number of nitrogens with one attached hydrogen (secondary N) is 1. The molecular weight excluding hydrogens is 407 g/mol. The van der Waals surface area contributed by atoms with Gasteiger partial charge in [0.15, 0.2) is 0 Å². The SMILES string of the molecule is C[C@H](C(=O)NCc1nc(-c2cccs2)no1)N(c1cccc(F)c1)S(C)(=O)=O. The predicted molar refractivity (Wildman–Crippen MR) is 103 cm³/mol. The van der Waals surface area contributed by atoms with Crippen LogP contribution < -0.4 is 9.62 Å². The number of thiophene rings is 1. The lowest BCUT2D eigenvalue weighted by Crippen LogP contribution is -2.47. The van der Waals surface area contributed by atoms with Crippen molar-refractivity contribution in [2.75, 3.05) is 10.6 Å². The van der Waals surface area contributed by atoms with E-state index >= 15 is 0 Å². The smallest absolute Gasteiger partial charge is 0.246 e. The van der Waals surface area contributed by atoms with Crippen molar-refractivity contribution in [3.63, 3.8) is 0 Å². The number of hydrogen-bond acceptors (Lipinski definition) is 7. The number of nitrogens with zero attached hydrogens (tertiary/aromatic N) is 3. The number of carbonyl (C=O) groups excluding carboxylic acids is 1. The summed E-state index contributed by atoms with van der Waals surface area (Å²) in [5, 5.41) is 8.28. The van der Waals surface area contributed by atoms with Gasteiger partial charge in [-0.25, -0.2) is 12.8 Å². The number of amides is 1. The molecule has 3 aromatic rings. The van der Waals surface area contributed by atoms with Crippen LogP contribution in [0.25, 0.3) is 10.7 Å². The Morgan fingerprint density at radius 3 is 2.79 bits per heavy atom. The van der Waals surface area contributed by atoms with Gasteiger partial charge in [-0.1, -0.05) is 17.3 Å². The lowest BCUT2D eigenvalue weighted by atomic mass is 10.2. The van der Waals surface area contributed by atoms with Gasteiger partial charge in [0, 0.05) is 0 Å². The highest BCUT2D eigenvalue weighted by Crippen LogP contribution is 2.22. The number of aromatic nitrogens is 2. The molecule has 1 aromatic carbocycles. The first kappa shape index (κ1) is 20.0. The van der Waals surface area contributed by atoms with E-state index in [-0.39, 0.29) is 18.1 Å². The van der Waals surface area contributed by atoms with E-state index in [0.717, 1.165) is 21.5 Å². The van der Waals surface area contributed by atoms with Crippen molar-refractivity contribution in [3.8, 4) is 10.7 Å². The molecule has 0 spiro atoms. The number of halogens is 1. The third-order valence-electron chi connectivity index (χ3n) is 3.77. The quantitative estimate of drug-likeness (QED) is 0.624. The van der Waals surface area contributed by atoms with Crippen LogP contribution in [-0.4, -0.2) is 36.8 Å². The van der Waals surface area contributed by atoms with Gasteiger partial charge < -0.3 is 9.84 Å². The maximum Gasteiger partial charge on any atom is 0.246 e. The highest BCUT2D eigenvalue weighted by molar-refractivity contribution is 7.92. The monoisotopic (exact) mass is 424 g/mol. The summed E-state index contributed by atoms with van der Waals surface area (Å²) in [5.74, 6) is -0.610. The zero-order valence-corrected chi connectivity index (χ0v) is 16.6. The van der Waals surface area contributed by atoms with E-state index in [1.165, 1.54) is 36.5 Å². The fraction of sp³-hybridized carbons (Fsp3) is 0.235. The Balaban J connectivity index is 1.71. The Morgan fingerprint density at radius 2 is 2.14 bits per heavy atom. The molecule has 2 aromatic heterocycles. The molecule has 1 atom stereocenters. The molecule has 0 aliphatic rings. The summed E-state index contributed by atoms with van der Waals surface area (Å²) in [5.41, 5.74) is 0.0583. The molecule has 0 saturated heterocycles. The first-order valence-corrected chi connectivity index (χ1v) is 10.9. The minimum Gasteiger partial charge on any atom is -0.345 e. The lowest BCUT2D eigenvalue weighted by molar-refractivity contribution is -0.122. The van der Waals surface area contributed by atoms with Crippen LogP contribution >= 0.6 is 11.3 Å². The highest BCUT2D eigenvalue weighted by atomic mass is 32.2. The molecule has 8 nitrogen and oxygen atoms in total. The van der Waals surface area contributed by atoms with E-state index in [2.05, 4.69) is 15.5 Å². The van der Waals surface area contributed by atoms with E-state index in [1.807, 2.05) is 17.5 Å². The zero-order chi connectivity index (χ0) is 20.3. The van der Waals surface area contributed by atoms with Crippen molar-refractivity contribution in [2.45, 2.75) is 19.5 Å². The lowest BCUT2D eigenvalue weighted by Gasteiger charge is -2.28. The minimum absolute atomic E-state index is 0.0583. The standard InChI is InChI=1S/C17H17FN4O4S2/c1-11(22(28(2,24)25)13-6-3-5-12(18)9-13)17(23)19-10-15-20-16(21-26-15)14-7-4-8-27-14/h3-9,11H,10H2,1-2H3,(H,19,23)/t11-/m1/s1. The van der Waals surface area contributed by atoms with Gasteiger partial charge in [0.1, 0.15) is 11.9 Å². The predicted octanol–water partition coefficient (Wildman–Crippen LogP) is 2.41. The van der Waals surface area contributed by atoms with E-state index in [9.17, 15) is 17.6 Å². The summed E-state index contributed by atoms with van der Waals surface area (Å²) in [6.07, 6.45) is 0.951. The summed E-state index contributed by atoms with van der Waals surface area (Å²) in [6.45, 7) is 1.34. The van der Waals surface area contributed by atoms with Crippen LogP contribution in [0.1, 0.15) is 12.8 Å². The second kappa shape index (κ2) is 8.07. The molecular formula is C17H17FN4O4S2. The van der Waals surface area contributed by atoms with Crippen LogP contribution in [0.15, 0.2) is 46.3 Å². The summed E-state index contributed by atoms with van der Waals surface area (Å²) < 4.78 is 43.8. The van der Waals surface area contributed by atoms with E-state index < -0.39 is 27.8 Å². The fourth-order valence-electron chi connectivity index (χ4n) is 2.56. The molecule has 3 rings (SSSR count). The third kappa shape index (κ3) is 4.54. The number of benzene rings is 1. The maximum atomic E-state index is 13.5. The molecule has 148 valence electrons. The first-order valence-electron chi connectivity index (χ1n) is 8.15. The summed E-state index contributed by atoms with van der Waals surface area (Å²) in [4.78, 5) is 17.5. The van der Waals surface area contributed by atoms with Crippen molar-refractivity contribution < 1.29 is 22.1 Å². The number of rotatable bonds is 7. The normalized spacial score (nSPS) is 12.5. The first-order chi connectivity index (χ1) is 13.3. The number of carbonyl (C=O) groups is 1. The van der Waals surface area contributed by atoms with Crippen LogP contribution in [-0.2, 0) is 21.4 Å². The minimum atomic E-state index is -3.83. The molecule has 1 amide bonds. The van der Waals surface area contributed by atoms with Gasteiger partial charge in [-0.3, -0.25) is 9.10 Å². The van der Waals surface area contributed by atoms with Gasteiger partial charge in [0.25, 0.3) is 0 Å². The molecule has 0 fully saturated rings. The zero-order valence-electron chi connectivity index (χ0n) is 15.0. The Kier molecular flexibility index (Phi) is 5.75. The van der Waals surface area contributed by atoms with Crippen molar-refractivity contribution >= 4 is 33.0 Å². The van der Waals surface area contributed by atoms with Crippen molar-refractivity contribution in [1.82, 2.24) is 15.5 Å². The van der Waals surface area contributed by atoms with Crippen molar-refractivity contribution in [1.29, 1.82) is 0 Å². The van der Waals surface area contributed by atoms with Crippen molar-refractivity contribution in [3.05, 3.63) is 53.5 Å². The average molecular weight is 424 g/mol. The second-order valence-corrected chi connectivity index (χ2v) is 8.73. The molecule has 0 aliphatic carbocycles. The van der Waals surface area contributed by atoms with Crippen LogP contribution in [0, 0.1) is 5.82 Å². The van der Waals surface area contributed by atoms with E-state index in [1.54, 1.807) is 0 Å². The van der Waals surface area contributed by atoms with Gasteiger partial charge in [0.2, 0.25) is 27.6 Å². The Morgan fingerprint density at radius 1 is 1.36 bits per heavy atom. The maximum absolute atomic E-state index is 13.5. The molecule has 11 heteroatoms. The number of hydrogen-bond donors (Lipinski definition) is 1. The van der Waals surface area contributed by atoms with Crippen LogP contribution in [0.2, 0.25) is 0 Å². The molecule has 1 N–H and O–H groups in total. The average Bonchev–Trinajstić information content (AvgIpc) is 3.30. The largest absolute Gasteiger partial charge is 0.345 e. The van der Waals surface area contributed by atoms with E-state index in [4.69, 9.17) is 4.52 Å². The Bertz CT molecular complexity index is 1070. The molecule has 0 aliphatic heterocycles. The molecule has 0 bridgehead atoms. The molecule has 0 radical (unpaired) electrons. The Labute approximate surface area is 165 Å². The molecule has 2 heterocycles. The highest BCUT2D eigenvalue weighted by Gasteiger charge is 2.29. The summed E-state index contributed by atoms with van der Waals surface area (Å²) >= 11 is 1.45. The molecule has 28 heavy (non-hydrogen) atoms. The number of sulfonamides is 1. The topological polar surface area (TPSA) is 105 Å². The van der Waals surface area contributed by atoms with Crippen LogP contribution in [0.4, 0.5) is 10.1 Å². The van der Waals surface area contributed by atoms with Gasteiger partial charge in [-0.15, -0.1) is 11.3 Å². The summed E-state index contributed by atoms with van der Waals surface area (Å²) in [7, 11) is -3.83. The van der Waals surface area contributed by atoms with Gasteiger partial charge >= 0.3 is 0 Å². The fourth-order valence-corrected chi connectivity index (χ4v) is 4.38. The van der Waals surface area contributed by atoms with Crippen LogP contribution in [0.3, 0.4) is 0 Å². The molecule has 0 unspecified atom stereocenters. The van der Waals surface area contributed by atoms with Crippen LogP contribution in [0.5, 0.6) is 0 Å².